The Labute approximate surface area is 84.5 Å². The van der Waals surface area contributed by atoms with Crippen LogP contribution in [0.25, 0.3) is 0 Å². The van der Waals surface area contributed by atoms with E-state index in [4.69, 9.17) is 10.8 Å². The van der Waals surface area contributed by atoms with Gasteiger partial charge < -0.3 is 10.8 Å². The zero-order valence-electron chi connectivity index (χ0n) is 8.71. The first-order chi connectivity index (χ1) is 6.60. The Morgan fingerprint density at radius 1 is 1.57 bits per heavy atom. The van der Waals surface area contributed by atoms with Crippen molar-refractivity contribution in [1.82, 2.24) is 0 Å². The van der Waals surface area contributed by atoms with Gasteiger partial charge in [-0.2, -0.15) is 0 Å². The Hall–Kier alpha value is -0.640. The lowest BCUT2D eigenvalue weighted by atomic mass is 9.90. The SMILES string of the molecule is C[C@H](CCCF)C[C@H](CN)CC(=O)O. The van der Waals surface area contributed by atoms with Gasteiger partial charge in [-0.25, -0.2) is 0 Å². The van der Waals surface area contributed by atoms with Gasteiger partial charge >= 0.3 is 5.97 Å². The summed E-state index contributed by atoms with van der Waals surface area (Å²) >= 11 is 0. The number of rotatable bonds is 8. The van der Waals surface area contributed by atoms with E-state index in [0.717, 1.165) is 12.8 Å². The molecule has 0 aromatic rings. The van der Waals surface area contributed by atoms with E-state index in [1.165, 1.54) is 0 Å². The molecule has 0 bridgehead atoms. The first-order valence-corrected chi connectivity index (χ1v) is 5.08. The van der Waals surface area contributed by atoms with Crippen LogP contribution in [0.4, 0.5) is 4.39 Å². The van der Waals surface area contributed by atoms with E-state index in [9.17, 15) is 9.18 Å². The maximum atomic E-state index is 11.9. The molecule has 4 heteroatoms. The molecule has 3 N–H and O–H groups in total. The molecule has 0 aromatic carbocycles. The predicted octanol–water partition coefficient (Wildman–Crippen LogP) is 1.81. The second kappa shape index (κ2) is 7.74. The Balaban J connectivity index is 3.73. The third kappa shape index (κ3) is 6.83. The zero-order chi connectivity index (χ0) is 11.0. The fourth-order valence-corrected chi connectivity index (χ4v) is 1.62. The van der Waals surface area contributed by atoms with Crippen molar-refractivity contribution in [2.75, 3.05) is 13.2 Å². The predicted molar refractivity (Wildman–Crippen MR) is 53.8 cm³/mol. The second-order valence-corrected chi connectivity index (χ2v) is 3.87. The molecule has 0 heterocycles. The molecule has 0 aliphatic carbocycles. The van der Waals surface area contributed by atoms with E-state index in [1.807, 2.05) is 6.92 Å². The van der Waals surface area contributed by atoms with Crippen LogP contribution in [-0.2, 0) is 4.79 Å². The monoisotopic (exact) mass is 205 g/mol. The summed E-state index contributed by atoms with van der Waals surface area (Å²) in [6.45, 7) is 2.11. The van der Waals surface area contributed by atoms with Gasteiger partial charge in [-0.05, 0) is 37.6 Å². The van der Waals surface area contributed by atoms with Gasteiger partial charge in [0.25, 0.3) is 0 Å². The molecule has 84 valence electrons. The number of carboxylic acids is 1. The topological polar surface area (TPSA) is 63.3 Å². The van der Waals surface area contributed by atoms with Crippen LogP contribution >= 0.6 is 0 Å². The summed E-state index contributed by atoms with van der Waals surface area (Å²) in [5.74, 6) is -0.418. The first kappa shape index (κ1) is 13.4. The highest BCUT2D eigenvalue weighted by atomic mass is 19.1. The minimum absolute atomic E-state index is 0.0297. The molecule has 0 fully saturated rings. The molecular weight excluding hydrogens is 185 g/mol. The van der Waals surface area contributed by atoms with Gasteiger partial charge in [0, 0.05) is 6.42 Å². The Morgan fingerprint density at radius 3 is 2.64 bits per heavy atom. The molecule has 3 nitrogen and oxygen atoms in total. The quantitative estimate of drug-likeness (QED) is 0.635. The summed E-state index contributed by atoms with van der Waals surface area (Å²) in [5, 5.41) is 8.59. The fourth-order valence-electron chi connectivity index (χ4n) is 1.62. The number of carbonyl (C=O) groups is 1. The van der Waals surface area contributed by atoms with Gasteiger partial charge in [0.1, 0.15) is 0 Å². The van der Waals surface area contributed by atoms with Crippen LogP contribution in [0, 0.1) is 11.8 Å². The number of halogens is 1. The van der Waals surface area contributed by atoms with E-state index in [0.29, 0.717) is 18.9 Å². The fraction of sp³-hybridized carbons (Fsp3) is 0.900. The van der Waals surface area contributed by atoms with Crippen LogP contribution in [-0.4, -0.2) is 24.3 Å². The van der Waals surface area contributed by atoms with Crippen LogP contribution in [0.1, 0.15) is 32.6 Å². The Kier molecular flexibility index (Phi) is 7.38. The summed E-state index contributed by atoms with van der Waals surface area (Å²) < 4.78 is 11.9. The summed E-state index contributed by atoms with van der Waals surface area (Å²) in [7, 11) is 0. The molecule has 0 amide bonds. The van der Waals surface area contributed by atoms with Crippen LogP contribution in [0.5, 0.6) is 0 Å². The molecule has 14 heavy (non-hydrogen) atoms. The summed E-state index contributed by atoms with van der Waals surface area (Å²) in [4.78, 5) is 10.4. The Bertz CT molecular complexity index is 164. The molecule has 0 radical (unpaired) electrons. The van der Waals surface area contributed by atoms with Crippen LogP contribution < -0.4 is 5.73 Å². The summed E-state index contributed by atoms with van der Waals surface area (Å²) in [5.41, 5.74) is 5.46. The lowest BCUT2D eigenvalue weighted by molar-refractivity contribution is -0.138. The zero-order valence-corrected chi connectivity index (χ0v) is 8.71. The van der Waals surface area contributed by atoms with Gasteiger partial charge in [0.2, 0.25) is 0 Å². The lowest BCUT2D eigenvalue weighted by Crippen LogP contribution is -2.20. The number of hydrogen-bond donors (Lipinski definition) is 2. The Morgan fingerprint density at radius 2 is 2.21 bits per heavy atom. The standard InChI is InChI=1S/C10H20FNO2/c1-8(3-2-4-11)5-9(7-12)6-10(13)14/h8-9H,2-7,12H2,1H3,(H,13,14)/t8-,9+/m1/s1. The number of hydrogen-bond acceptors (Lipinski definition) is 2. The average molecular weight is 205 g/mol. The highest BCUT2D eigenvalue weighted by Crippen LogP contribution is 2.18. The number of carboxylic acid groups (broad SMARTS) is 1. The normalized spacial score (nSPS) is 15.1. The van der Waals surface area contributed by atoms with Gasteiger partial charge in [-0.3, -0.25) is 9.18 Å². The van der Waals surface area contributed by atoms with Crippen LogP contribution in [0.15, 0.2) is 0 Å². The molecule has 0 spiro atoms. The van der Waals surface area contributed by atoms with Gasteiger partial charge in [0.05, 0.1) is 6.67 Å². The van der Waals surface area contributed by atoms with Gasteiger partial charge in [-0.1, -0.05) is 6.92 Å². The van der Waals surface area contributed by atoms with Crippen molar-refractivity contribution in [3.8, 4) is 0 Å². The molecule has 2 atom stereocenters. The largest absolute Gasteiger partial charge is 0.481 e. The molecule has 0 aliphatic heterocycles. The van der Waals surface area contributed by atoms with Crippen molar-refractivity contribution >= 4 is 5.97 Å². The molecule has 0 saturated carbocycles. The maximum absolute atomic E-state index is 11.9. The average Bonchev–Trinajstić information content (AvgIpc) is 2.12. The van der Waals surface area contributed by atoms with E-state index in [-0.39, 0.29) is 19.0 Å². The molecule has 0 aliphatic rings. The molecule has 0 saturated heterocycles. The van der Waals surface area contributed by atoms with Crippen molar-refractivity contribution in [3.63, 3.8) is 0 Å². The van der Waals surface area contributed by atoms with E-state index < -0.39 is 5.97 Å². The number of alkyl halides is 1. The summed E-state index contributed by atoms with van der Waals surface area (Å²) in [6, 6.07) is 0. The minimum Gasteiger partial charge on any atom is -0.481 e. The van der Waals surface area contributed by atoms with Gasteiger partial charge in [-0.15, -0.1) is 0 Å². The van der Waals surface area contributed by atoms with Crippen molar-refractivity contribution in [3.05, 3.63) is 0 Å². The smallest absolute Gasteiger partial charge is 0.303 e. The highest BCUT2D eigenvalue weighted by molar-refractivity contribution is 5.67. The molecule has 0 unspecified atom stereocenters. The van der Waals surface area contributed by atoms with E-state index >= 15 is 0 Å². The first-order valence-electron chi connectivity index (χ1n) is 5.08. The van der Waals surface area contributed by atoms with Crippen molar-refractivity contribution in [1.29, 1.82) is 0 Å². The van der Waals surface area contributed by atoms with Crippen LogP contribution in [0.2, 0.25) is 0 Å². The second-order valence-electron chi connectivity index (χ2n) is 3.87. The molecular formula is C10H20FNO2. The third-order valence-corrected chi connectivity index (χ3v) is 2.36. The highest BCUT2D eigenvalue weighted by Gasteiger charge is 2.14. The number of aliphatic carboxylic acids is 1. The van der Waals surface area contributed by atoms with E-state index in [1.54, 1.807) is 0 Å². The third-order valence-electron chi connectivity index (χ3n) is 2.36. The van der Waals surface area contributed by atoms with E-state index in [2.05, 4.69) is 0 Å². The molecule has 0 rings (SSSR count). The van der Waals surface area contributed by atoms with Crippen molar-refractivity contribution < 1.29 is 14.3 Å². The lowest BCUT2D eigenvalue weighted by Gasteiger charge is -2.17. The van der Waals surface area contributed by atoms with Crippen molar-refractivity contribution in [2.24, 2.45) is 17.6 Å². The van der Waals surface area contributed by atoms with Crippen LogP contribution in [0.3, 0.4) is 0 Å². The van der Waals surface area contributed by atoms with Crippen molar-refractivity contribution in [2.45, 2.75) is 32.6 Å². The molecule has 0 aromatic heterocycles. The number of nitrogens with two attached hydrogens (primary N) is 1. The summed E-state index contributed by atoms with van der Waals surface area (Å²) in [6.07, 6.45) is 2.28. The van der Waals surface area contributed by atoms with Gasteiger partial charge in [0.15, 0.2) is 0 Å². The minimum atomic E-state index is -0.807. The maximum Gasteiger partial charge on any atom is 0.303 e.